The SMILES string of the molecule is COc1ccc2nc(N(CCN3CCOCC3)C(=O)c3cccc([N+](=O)[O-])c3C)sc2c1. The van der Waals surface area contributed by atoms with Gasteiger partial charge in [-0.25, -0.2) is 4.98 Å². The summed E-state index contributed by atoms with van der Waals surface area (Å²) in [6.45, 7) is 5.61. The average Bonchev–Trinajstić information content (AvgIpc) is 3.22. The molecule has 0 radical (unpaired) electrons. The summed E-state index contributed by atoms with van der Waals surface area (Å²) < 4.78 is 11.6. The molecule has 3 aromatic rings. The summed E-state index contributed by atoms with van der Waals surface area (Å²) in [6.07, 6.45) is 0. The van der Waals surface area contributed by atoms with Gasteiger partial charge in [-0.2, -0.15) is 0 Å². The minimum absolute atomic E-state index is 0.0713. The van der Waals surface area contributed by atoms with Gasteiger partial charge in [0.15, 0.2) is 5.13 Å². The number of morpholine rings is 1. The molecule has 0 bridgehead atoms. The van der Waals surface area contributed by atoms with Gasteiger partial charge in [-0.15, -0.1) is 0 Å². The summed E-state index contributed by atoms with van der Waals surface area (Å²) in [5.74, 6) is 0.416. The number of fused-ring (bicyclic) bond motifs is 1. The van der Waals surface area contributed by atoms with Crippen LogP contribution in [0.3, 0.4) is 0 Å². The van der Waals surface area contributed by atoms with Gasteiger partial charge >= 0.3 is 0 Å². The Bertz CT molecular complexity index is 1140. The second-order valence-electron chi connectivity index (χ2n) is 7.45. The second kappa shape index (κ2) is 9.60. The number of benzene rings is 2. The van der Waals surface area contributed by atoms with E-state index in [1.54, 1.807) is 31.1 Å². The zero-order valence-electron chi connectivity index (χ0n) is 17.9. The number of amides is 1. The fourth-order valence-electron chi connectivity index (χ4n) is 3.68. The van der Waals surface area contributed by atoms with Crippen LogP contribution in [-0.2, 0) is 4.74 Å². The molecule has 0 N–H and O–H groups in total. The minimum Gasteiger partial charge on any atom is -0.497 e. The van der Waals surface area contributed by atoms with E-state index in [-0.39, 0.29) is 11.6 Å². The lowest BCUT2D eigenvalue weighted by molar-refractivity contribution is -0.385. The number of nitro benzene ring substituents is 1. The standard InChI is InChI=1S/C22H24N4O5S/c1-15-17(4-3-5-19(15)26(28)29)21(27)25(9-8-24-10-12-31-13-11-24)22-23-18-7-6-16(30-2)14-20(18)32-22/h3-7,14H,8-13H2,1-2H3. The Hall–Kier alpha value is -3.08. The van der Waals surface area contributed by atoms with Crippen molar-refractivity contribution in [3.05, 3.63) is 57.6 Å². The number of hydrogen-bond acceptors (Lipinski definition) is 8. The Kier molecular flexibility index (Phi) is 6.63. The highest BCUT2D eigenvalue weighted by molar-refractivity contribution is 7.22. The molecule has 0 aliphatic carbocycles. The van der Waals surface area contributed by atoms with Crippen LogP contribution in [0.4, 0.5) is 10.8 Å². The Balaban J connectivity index is 1.69. The van der Waals surface area contributed by atoms with Crippen molar-refractivity contribution >= 4 is 38.3 Å². The largest absolute Gasteiger partial charge is 0.497 e. The van der Waals surface area contributed by atoms with Crippen molar-refractivity contribution in [2.75, 3.05) is 51.4 Å². The Morgan fingerprint density at radius 2 is 2.09 bits per heavy atom. The molecule has 9 nitrogen and oxygen atoms in total. The molecule has 168 valence electrons. The van der Waals surface area contributed by atoms with Gasteiger partial charge in [0, 0.05) is 43.4 Å². The predicted molar refractivity (Wildman–Crippen MR) is 123 cm³/mol. The smallest absolute Gasteiger partial charge is 0.273 e. The monoisotopic (exact) mass is 456 g/mol. The number of ether oxygens (including phenoxy) is 2. The highest BCUT2D eigenvalue weighted by Gasteiger charge is 2.26. The molecule has 0 unspecified atom stereocenters. The van der Waals surface area contributed by atoms with Gasteiger partial charge in [0.25, 0.3) is 11.6 Å². The van der Waals surface area contributed by atoms with Gasteiger partial charge in [-0.05, 0) is 31.2 Å². The maximum Gasteiger partial charge on any atom is 0.273 e. The summed E-state index contributed by atoms with van der Waals surface area (Å²) in [5.41, 5.74) is 1.35. The summed E-state index contributed by atoms with van der Waals surface area (Å²) >= 11 is 1.40. The number of thiazole rings is 1. The number of anilines is 1. The van der Waals surface area contributed by atoms with E-state index in [0.717, 1.165) is 23.3 Å². The second-order valence-corrected chi connectivity index (χ2v) is 8.46. The van der Waals surface area contributed by atoms with E-state index in [1.807, 2.05) is 18.2 Å². The zero-order chi connectivity index (χ0) is 22.7. The first kappa shape index (κ1) is 22.1. The molecule has 1 amide bonds. The van der Waals surface area contributed by atoms with E-state index in [0.29, 0.717) is 48.3 Å². The fraction of sp³-hybridized carbons (Fsp3) is 0.364. The van der Waals surface area contributed by atoms with Gasteiger partial charge in [0.2, 0.25) is 0 Å². The van der Waals surface area contributed by atoms with E-state index in [9.17, 15) is 14.9 Å². The van der Waals surface area contributed by atoms with Crippen molar-refractivity contribution in [3.63, 3.8) is 0 Å². The number of nitro groups is 1. The number of carbonyl (C=O) groups excluding carboxylic acids is 1. The Morgan fingerprint density at radius 3 is 2.81 bits per heavy atom. The normalized spacial score (nSPS) is 14.4. The number of rotatable bonds is 7. The highest BCUT2D eigenvalue weighted by atomic mass is 32.1. The Morgan fingerprint density at radius 1 is 1.31 bits per heavy atom. The molecule has 10 heteroatoms. The number of hydrogen-bond donors (Lipinski definition) is 0. The number of aromatic nitrogens is 1. The predicted octanol–water partition coefficient (Wildman–Crippen LogP) is 3.50. The van der Waals surface area contributed by atoms with Crippen molar-refractivity contribution in [1.82, 2.24) is 9.88 Å². The van der Waals surface area contributed by atoms with Gasteiger partial charge in [0.05, 0.1) is 35.5 Å². The van der Waals surface area contributed by atoms with Crippen LogP contribution in [0.2, 0.25) is 0 Å². The van der Waals surface area contributed by atoms with Crippen LogP contribution in [0.5, 0.6) is 5.75 Å². The molecule has 0 saturated carbocycles. The van der Waals surface area contributed by atoms with Crippen LogP contribution in [0.25, 0.3) is 10.2 Å². The van der Waals surface area contributed by atoms with Crippen LogP contribution >= 0.6 is 11.3 Å². The molecule has 0 atom stereocenters. The van der Waals surface area contributed by atoms with E-state index in [4.69, 9.17) is 9.47 Å². The summed E-state index contributed by atoms with van der Waals surface area (Å²) in [7, 11) is 1.60. The molecule has 32 heavy (non-hydrogen) atoms. The van der Waals surface area contributed by atoms with Gasteiger partial charge in [0.1, 0.15) is 5.75 Å². The lowest BCUT2D eigenvalue weighted by atomic mass is 10.1. The van der Waals surface area contributed by atoms with Crippen LogP contribution in [0, 0.1) is 17.0 Å². The van der Waals surface area contributed by atoms with Crippen LogP contribution in [-0.4, -0.2) is 67.2 Å². The van der Waals surface area contributed by atoms with E-state index in [1.165, 1.54) is 17.4 Å². The lowest BCUT2D eigenvalue weighted by Crippen LogP contribution is -2.43. The van der Waals surface area contributed by atoms with Crippen molar-refractivity contribution < 1.29 is 19.2 Å². The number of carbonyl (C=O) groups is 1. The zero-order valence-corrected chi connectivity index (χ0v) is 18.8. The summed E-state index contributed by atoms with van der Waals surface area (Å²) in [5, 5.41) is 11.9. The van der Waals surface area contributed by atoms with Gasteiger partial charge < -0.3 is 9.47 Å². The number of methoxy groups -OCH3 is 1. The first-order valence-corrected chi connectivity index (χ1v) is 11.1. The average molecular weight is 457 g/mol. The van der Waals surface area contributed by atoms with E-state index in [2.05, 4.69) is 9.88 Å². The van der Waals surface area contributed by atoms with Gasteiger partial charge in [-0.3, -0.25) is 24.7 Å². The topological polar surface area (TPSA) is 98.0 Å². The molecule has 1 aromatic heterocycles. The van der Waals surface area contributed by atoms with Crippen LogP contribution < -0.4 is 9.64 Å². The number of nitrogens with zero attached hydrogens (tertiary/aromatic N) is 4. The molecule has 2 aromatic carbocycles. The molecule has 1 aliphatic rings. The third-order valence-electron chi connectivity index (χ3n) is 5.54. The molecule has 2 heterocycles. The maximum absolute atomic E-state index is 13.6. The van der Waals surface area contributed by atoms with Crippen molar-refractivity contribution in [2.45, 2.75) is 6.92 Å². The van der Waals surface area contributed by atoms with Crippen LogP contribution in [0.15, 0.2) is 36.4 Å². The Labute approximate surface area is 189 Å². The van der Waals surface area contributed by atoms with Crippen molar-refractivity contribution in [3.8, 4) is 5.75 Å². The minimum atomic E-state index is -0.464. The quantitative estimate of drug-likeness (QED) is 0.396. The third-order valence-corrected chi connectivity index (χ3v) is 6.58. The van der Waals surface area contributed by atoms with Crippen molar-refractivity contribution in [1.29, 1.82) is 0 Å². The van der Waals surface area contributed by atoms with Crippen molar-refractivity contribution in [2.24, 2.45) is 0 Å². The molecule has 0 spiro atoms. The highest BCUT2D eigenvalue weighted by Crippen LogP contribution is 2.33. The van der Waals surface area contributed by atoms with E-state index < -0.39 is 4.92 Å². The fourth-order valence-corrected chi connectivity index (χ4v) is 4.70. The van der Waals surface area contributed by atoms with Gasteiger partial charge in [-0.1, -0.05) is 17.4 Å². The molecule has 1 saturated heterocycles. The molecule has 1 fully saturated rings. The third kappa shape index (κ3) is 4.57. The lowest BCUT2D eigenvalue weighted by Gasteiger charge is -2.29. The molecular formula is C22H24N4O5S. The molecule has 4 rings (SSSR count). The maximum atomic E-state index is 13.6. The summed E-state index contributed by atoms with van der Waals surface area (Å²) in [4.78, 5) is 33.1. The van der Waals surface area contributed by atoms with Crippen LogP contribution in [0.1, 0.15) is 15.9 Å². The molecule has 1 aliphatic heterocycles. The summed E-state index contributed by atoms with van der Waals surface area (Å²) in [6, 6.07) is 10.2. The first-order valence-electron chi connectivity index (χ1n) is 10.3. The molecular weight excluding hydrogens is 432 g/mol. The first-order chi connectivity index (χ1) is 15.5. The van der Waals surface area contributed by atoms with E-state index >= 15 is 0 Å².